The molecule has 170 valence electrons. The molecule has 0 radical (unpaired) electrons. The monoisotopic (exact) mass is 457 g/mol. The lowest BCUT2D eigenvalue weighted by molar-refractivity contribution is -0.124. The number of rotatable bonds is 5. The van der Waals surface area contributed by atoms with Gasteiger partial charge < -0.3 is 15.4 Å². The van der Waals surface area contributed by atoms with E-state index < -0.39 is 22.2 Å². The van der Waals surface area contributed by atoms with Crippen LogP contribution in [0.15, 0.2) is 41.3 Å². The molecule has 2 N–H and O–H groups in total. The van der Waals surface area contributed by atoms with Crippen LogP contribution in [0.1, 0.15) is 36.5 Å². The molecule has 2 atom stereocenters. The second kappa shape index (κ2) is 8.55. The molecule has 0 aromatic heterocycles. The van der Waals surface area contributed by atoms with E-state index in [2.05, 4.69) is 10.6 Å². The Hall–Kier alpha value is -2.91. The molecule has 0 aliphatic carbocycles. The molecule has 2 aliphatic rings. The fraction of sp³-hybridized carbons (Fsp3) is 0.391. The standard InChI is InChI=1S/C23H27N3O5S/c1-14-7-4-5-8-17(14)13-24-23(28)19-9-6-10-26(19)32(29,30)21-12-20-18(11-15(21)2)25-22(27)16(3)31-20/h4-5,7-8,11-12,16,19H,6,9-10,13H2,1-3H3,(H,24,28)(H,25,27)/t16-,19-/m1/s1. The maximum Gasteiger partial charge on any atom is 0.265 e. The van der Waals surface area contributed by atoms with Crippen LogP contribution < -0.4 is 15.4 Å². The normalized spacial score (nSPS) is 20.9. The molecule has 2 aromatic rings. The molecule has 1 fully saturated rings. The summed E-state index contributed by atoms with van der Waals surface area (Å²) in [6, 6.07) is 10.0. The summed E-state index contributed by atoms with van der Waals surface area (Å²) in [6.07, 6.45) is 0.356. The minimum absolute atomic E-state index is 0.0817. The van der Waals surface area contributed by atoms with E-state index in [0.29, 0.717) is 36.4 Å². The predicted octanol–water partition coefficient (Wildman–Crippen LogP) is 2.49. The van der Waals surface area contributed by atoms with Crippen LogP contribution >= 0.6 is 0 Å². The Kier molecular flexibility index (Phi) is 5.96. The molecule has 2 aromatic carbocycles. The van der Waals surface area contributed by atoms with E-state index in [9.17, 15) is 18.0 Å². The van der Waals surface area contributed by atoms with Crippen molar-refractivity contribution >= 4 is 27.5 Å². The zero-order chi connectivity index (χ0) is 23.0. The van der Waals surface area contributed by atoms with Gasteiger partial charge in [0.15, 0.2) is 6.10 Å². The summed E-state index contributed by atoms with van der Waals surface area (Å²) in [7, 11) is -3.94. The van der Waals surface area contributed by atoms with E-state index >= 15 is 0 Å². The lowest BCUT2D eigenvalue weighted by atomic mass is 10.1. The van der Waals surface area contributed by atoms with E-state index in [4.69, 9.17) is 4.74 Å². The molecule has 4 rings (SSSR count). The number of carbonyl (C=O) groups is 2. The van der Waals surface area contributed by atoms with Crippen molar-refractivity contribution < 1.29 is 22.7 Å². The smallest absolute Gasteiger partial charge is 0.265 e. The molecule has 0 unspecified atom stereocenters. The second-order valence-electron chi connectivity index (χ2n) is 8.28. The van der Waals surface area contributed by atoms with Crippen molar-refractivity contribution in [1.29, 1.82) is 0 Å². The summed E-state index contributed by atoms with van der Waals surface area (Å²) < 4.78 is 33.9. The van der Waals surface area contributed by atoms with Gasteiger partial charge in [-0.3, -0.25) is 9.59 Å². The Morgan fingerprint density at radius 3 is 2.72 bits per heavy atom. The fourth-order valence-corrected chi connectivity index (χ4v) is 6.03. The number of carbonyl (C=O) groups excluding carboxylic acids is 2. The highest BCUT2D eigenvalue weighted by molar-refractivity contribution is 7.89. The van der Waals surface area contributed by atoms with E-state index in [1.165, 1.54) is 10.4 Å². The number of nitrogens with one attached hydrogen (secondary N) is 2. The highest BCUT2D eigenvalue weighted by Gasteiger charge is 2.40. The first-order valence-corrected chi connectivity index (χ1v) is 12.1. The van der Waals surface area contributed by atoms with Crippen LogP contribution in [0.5, 0.6) is 5.75 Å². The molecule has 8 nitrogen and oxygen atoms in total. The SMILES string of the molecule is Cc1ccccc1CNC(=O)[C@H]1CCCN1S(=O)(=O)c1cc2c(cc1C)NC(=O)[C@@H](C)O2. The molecule has 2 aliphatic heterocycles. The molecule has 0 saturated carbocycles. The van der Waals surface area contributed by atoms with Crippen LogP contribution in [0.3, 0.4) is 0 Å². The molecule has 2 heterocycles. The van der Waals surface area contributed by atoms with E-state index in [-0.39, 0.29) is 23.3 Å². The van der Waals surface area contributed by atoms with Gasteiger partial charge in [0.1, 0.15) is 11.8 Å². The highest BCUT2D eigenvalue weighted by Crippen LogP contribution is 2.37. The van der Waals surface area contributed by atoms with Crippen molar-refractivity contribution in [3.8, 4) is 5.75 Å². The van der Waals surface area contributed by atoms with Crippen LogP contribution in [0.25, 0.3) is 0 Å². The molecule has 0 bridgehead atoms. The van der Waals surface area contributed by atoms with Crippen molar-refractivity contribution in [2.75, 3.05) is 11.9 Å². The quantitative estimate of drug-likeness (QED) is 0.718. The number of nitrogens with zero attached hydrogens (tertiary/aromatic N) is 1. The van der Waals surface area contributed by atoms with Crippen LogP contribution in [-0.2, 0) is 26.2 Å². The summed E-state index contributed by atoms with van der Waals surface area (Å²) in [6.45, 7) is 5.86. The first-order chi connectivity index (χ1) is 15.2. The fourth-order valence-electron chi connectivity index (χ4n) is 4.15. The van der Waals surface area contributed by atoms with Crippen LogP contribution in [0.4, 0.5) is 5.69 Å². The van der Waals surface area contributed by atoms with E-state index in [1.54, 1.807) is 19.9 Å². The van der Waals surface area contributed by atoms with E-state index in [1.807, 2.05) is 31.2 Å². The first-order valence-electron chi connectivity index (χ1n) is 10.6. The van der Waals surface area contributed by atoms with Crippen molar-refractivity contribution in [3.63, 3.8) is 0 Å². The van der Waals surface area contributed by atoms with Gasteiger partial charge in [-0.2, -0.15) is 4.31 Å². The number of hydrogen-bond donors (Lipinski definition) is 2. The maximum atomic E-state index is 13.5. The third kappa shape index (κ3) is 4.10. The minimum Gasteiger partial charge on any atom is -0.479 e. The first kappa shape index (κ1) is 22.3. The van der Waals surface area contributed by atoms with E-state index in [0.717, 1.165) is 11.1 Å². The van der Waals surface area contributed by atoms with Crippen molar-refractivity contribution in [3.05, 3.63) is 53.1 Å². The average molecular weight is 458 g/mol. The molecule has 2 amide bonds. The van der Waals surface area contributed by atoms with Gasteiger partial charge in [-0.1, -0.05) is 24.3 Å². The average Bonchev–Trinajstić information content (AvgIpc) is 3.25. The van der Waals surface area contributed by atoms with Gasteiger partial charge in [-0.25, -0.2) is 8.42 Å². The Balaban J connectivity index is 1.57. The second-order valence-corrected chi connectivity index (χ2v) is 10.1. The Bertz CT molecular complexity index is 1180. The molecular weight excluding hydrogens is 430 g/mol. The zero-order valence-corrected chi connectivity index (χ0v) is 19.2. The Labute approximate surface area is 188 Å². The van der Waals surface area contributed by atoms with Crippen LogP contribution in [0.2, 0.25) is 0 Å². The van der Waals surface area contributed by atoms with Crippen LogP contribution in [0, 0.1) is 13.8 Å². The van der Waals surface area contributed by atoms with Gasteiger partial charge in [0, 0.05) is 19.2 Å². The predicted molar refractivity (Wildman–Crippen MR) is 120 cm³/mol. The number of aryl methyl sites for hydroxylation is 2. The maximum absolute atomic E-state index is 13.5. The number of amides is 2. The number of hydrogen-bond acceptors (Lipinski definition) is 5. The molecule has 9 heteroatoms. The van der Waals surface area contributed by atoms with Gasteiger partial charge in [-0.05, 0) is 56.4 Å². The molecule has 0 spiro atoms. The molecular formula is C23H27N3O5S. The third-order valence-corrected chi connectivity index (χ3v) is 8.07. The number of fused-ring (bicyclic) bond motifs is 1. The number of ether oxygens (including phenoxy) is 1. The summed E-state index contributed by atoms with van der Waals surface area (Å²) in [5.74, 6) is -0.277. The summed E-state index contributed by atoms with van der Waals surface area (Å²) in [5.41, 5.74) is 2.98. The van der Waals surface area contributed by atoms with Gasteiger partial charge in [0.2, 0.25) is 15.9 Å². The third-order valence-electron chi connectivity index (χ3n) is 6.02. The van der Waals surface area contributed by atoms with Crippen molar-refractivity contribution in [2.24, 2.45) is 0 Å². The topological polar surface area (TPSA) is 105 Å². The molecule has 1 saturated heterocycles. The Morgan fingerprint density at radius 2 is 1.97 bits per heavy atom. The highest BCUT2D eigenvalue weighted by atomic mass is 32.2. The minimum atomic E-state index is -3.94. The number of benzene rings is 2. The van der Waals surface area contributed by atoms with Gasteiger partial charge in [0.05, 0.1) is 10.6 Å². The van der Waals surface area contributed by atoms with Gasteiger partial charge >= 0.3 is 0 Å². The zero-order valence-electron chi connectivity index (χ0n) is 18.3. The summed E-state index contributed by atoms with van der Waals surface area (Å²) in [5, 5.41) is 5.62. The lowest BCUT2D eigenvalue weighted by Gasteiger charge is -2.27. The van der Waals surface area contributed by atoms with Gasteiger partial charge in [-0.15, -0.1) is 0 Å². The lowest BCUT2D eigenvalue weighted by Crippen LogP contribution is -2.45. The van der Waals surface area contributed by atoms with Crippen LogP contribution in [-0.4, -0.2) is 43.2 Å². The molecule has 32 heavy (non-hydrogen) atoms. The van der Waals surface area contributed by atoms with Crippen molar-refractivity contribution in [2.45, 2.75) is 57.2 Å². The van der Waals surface area contributed by atoms with Gasteiger partial charge in [0.25, 0.3) is 5.91 Å². The summed E-state index contributed by atoms with van der Waals surface area (Å²) in [4.78, 5) is 24.9. The van der Waals surface area contributed by atoms with Crippen molar-refractivity contribution in [1.82, 2.24) is 9.62 Å². The largest absolute Gasteiger partial charge is 0.479 e. The number of anilines is 1. The summed E-state index contributed by atoms with van der Waals surface area (Å²) >= 11 is 0. The number of sulfonamides is 1. The Morgan fingerprint density at radius 1 is 1.22 bits per heavy atom.